The number of amides is 3. The molecule has 0 saturated heterocycles. The number of aromatic nitrogens is 1. The topological polar surface area (TPSA) is 166 Å². The van der Waals surface area contributed by atoms with Crippen LogP contribution in [0.3, 0.4) is 0 Å². The average Bonchev–Trinajstić information content (AvgIpc) is 3.36. The number of carboxylic acid groups (broad SMARTS) is 1. The average molecular weight is 586 g/mol. The van der Waals surface area contributed by atoms with Crippen molar-refractivity contribution in [2.45, 2.75) is 43.4 Å². The Morgan fingerprint density at radius 1 is 0.900 bits per heavy atom. The Morgan fingerprint density at radius 2 is 1.52 bits per heavy atom. The number of carboxylic acids is 1. The van der Waals surface area contributed by atoms with Gasteiger partial charge in [0, 0.05) is 35.7 Å². The van der Waals surface area contributed by atoms with E-state index >= 15 is 0 Å². The molecule has 12 heteroatoms. The molecule has 0 saturated carbocycles. The lowest BCUT2D eigenvalue weighted by atomic mass is 10.0. The second-order valence-corrected chi connectivity index (χ2v) is 10.7. The first kappa shape index (κ1) is 31.1. The number of hydrogen-bond donors (Lipinski definition) is 7. The monoisotopic (exact) mass is 585 g/mol. The van der Waals surface area contributed by atoms with Gasteiger partial charge in [-0.1, -0.05) is 48.5 Å². The van der Waals surface area contributed by atoms with Crippen LogP contribution in [0.2, 0.25) is 0 Å². The van der Waals surface area contributed by atoms with Crippen molar-refractivity contribution >= 4 is 59.0 Å². The van der Waals surface area contributed by atoms with Crippen LogP contribution < -0.4 is 21.7 Å². The van der Waals surface area contributed by atoms with E-state index in [1.54, 1.807) is 30.5 Å². The summed E-state index contributed by atoms with van der Waals surface area (Å²) in [5, 5.41) is 18.6. The Hall–Kier alpha value is -3.48. The van der Waals surface area contributed by atoms with Crippen molar-refractivity contribution in [3.05, 3.63) is 71.9 Å². The highest BCUT2D eigenvalue weighted by molar-refractivity contribution is 7.98. The van der Waals surface area contributed by atoms with Gasteiger partial charge in [0.05, 0.1) is 6.04 Å². The molecular weight excluding hydrogens is 550 g/mol. The zero-order chi connectivity index (χ0) is 29.1. The van der Waals surface area contributed by atoms with Gasteiger partial charge in [0.15, 0.2) is 0 Å². The van der Waals surface area contributed by atoms with Crippen LogP contribution in [0.4, 0.5) is 0 Å². The van der Waals surface area contributed by atoms with E-state index < -0.39 is 47.9 Å². The predicted molar refractivity (Wildman–Crippen MR) is 160 cm³/mol. The standard InChI is InChI=1S/C28H35N5O5S2/c1-40-12-11-22(26(35)33-24(28(37)38)13-17-7-3-2-4-8-17)31-27(36)23(32-25(34)20(29)16-39)14-18-15-30-21-10-6-5-9-19(18)21/h2-10,15,20,22-24,30,39H,11-14,16,29H2,1H3,(H,31,36)(H,32,34)(H,33,35)(H,37,38). The molecule has 4 atom stereocenters. The lowest BCUT2D eigenvalue weighted by molar-refractivity contribution is -0.142. The number of H-pyrrole nitrogens is 1. The first-order chi connectivity index (χ1) is 19.2. The maximum Gasteiger partial charge on any atom is 0.326 e. The Morgan fingerprint density at radius 3 is 2.20 bits per heavy atom. The zero-order valence-corrected chi connectivity index (χ0v) is 23.8. The van der Waals surface area contributed by atoms with E-state index in [0.717, 1.165) is 22.0 Å². The van der Waals surface area contributed by atoms with Crippen LogP contribution in [0.15, 0.2) is 60.8 Å². The number of carbonyl (C=O) groups is 4. The fourth-order valence-corrected chi connectivity index (χ4v) is 4.83. The smallest absolute Gasteiger partial charge is 0.326 e. The van der Waals surface area contributed by atoms with Gasteiger partial charge in [-0.05, 0) is 35.6 Å². The van der Waals surface area contributed by atoms with Gasteiger partial charge < -0.3 is 31.8 Å². The third kappa shape index (κ3) is 8.77. The van der Waals surface area contributed by atoms with Gasteiger partial charge in [-0.2, -0.15) is 24.4 Å². The number of rotatable bonds is 15. The van der Waals surface area contributed by atoms with E-state index in [1.165, 1.54) is 11.8 Å². The van der Waals surface area contributed by atoms with Crippen molar-refractivity contribution in [2.24, 2.45) is 5.73 Å². The molecule has 3 amide bonds. The van der Waals surface area contributed by atoms with Gasteiger partial charge in [-0.25, -0.2) is 4.79 Å². The largest absolute Gasteiger partial charge is 0.480 e. The third-order valence-corrected chi connectivity index (χ3v) is 7.44. The number of benzene rings is 2. The van der Waals surface area contributed by atoms with Crippen molar-refractivity contribution in [3.63, 3.8) is 0 Å². The van der Waals surface area contributed by atoms with E-state index in [0.29, 0.717) is 5.75 Å². The highest BCUT2D eigenvalue weighted by Gasteiger charge is 2.30. The lowest BCUT2D eigenvalue weighted by Gasteiger charge is -2.25. The number of thioether (sulfide) groups is 1. The van der Waals surface area contributed by atoms with Crippen LogP contribution in [-0.2, 0) is 32.0 Å². The summed E-state index contributed by atoms with van der Waals surface area (Å²) in [5.74, 6) is -2.30. The minimum absolute atomic E-state index is 0.0873. The summed E-state index contributed by atoms with van der Waals surface area (Å²) < 4.78 is 0. The van der Waals surface area contributed by atoms with Crippen LogP contribution in [0, 0.1) is 0 Å². The lowest BCUT2D eigenvalue weighted by Crippen LogP contribution is -2.58. The van der Waals surface area contributed by atoms with E-state index in [9.17, 15) is 24.3 Å². The summed E-state index contributed by atoms with van der Waals surface area (Å²) in [6, 6.07) is 12.4. The predicted octanol–water partition coefficient (Wildman–Crippen LogP) is 1.50. The van der Waals surface area contributed by atoms with Crippen LogP contribution in [0.5, 0.6) is 0 Å². The number of para-hydroxylation sites is 1. The molecule has 40 heavy (non-hydrogen) atoms. The van der Waals surface area contributed by atoms with E-state index in [2.05, 4.69) is 33.6 Å². The Kier molecular flexibility index (Phi) is 11.9. The molecule has 0 aliphatic carbocycles. The summed E-state index contributed by atoms with van der Waals surface area (Å²) in [7, 11) is 0. The van der Waals surface area contributed by atoms with Crippen LogP contribution >= 0.6 is 24.4 Å². The van der Waals surface area contributed by atoms with Crippen LogP contribution in [-0.4, -0.2) is 75.7 Å². The minimum atomic E-state index is -1.18. The molecule has 0 aliphatic heterocycles. The van der Waals surface area contributed by atoms with Gasteiger partial charge in [-0.15, -0.1) is 0 Å². The fraction of sp³-hybridized carbons (Fsp3) is 0.357. The number of aliphatic carboxylic acids is 1. The van der Waals surface area contributed by atoms with Gasteiger partial charge in [0.1, 0.15) is 18.1 Å². The number of aromatic amines is 1. The van der Waals surface area contributed by atoms with Gasteiger partial charge in [-0.3, -0.25) is 14.4 Å². The van der Waals surface area contributed by atoms with Crippen LogP contribution in [0.25, 0.3) is 10.9 Å². The molecule has 3 aromatic rings. The molecule has 0 radical (unpaired) electrons. The summed E-state index contributed by atoms with van der Waals surface area (Å²) in [5.41, 5.74) is 8.27. The molecule has 214 valence electrons. The van der Waals surface area contributed by atoms with Crippen molar-refractivity contribution in [1.29, 1.82) is 0 Å². The summed E-state index contributed by atoms with van der Waals surface area (Å²) >= 11 is 5.56. The molecule has 0 spiro atoms. The summed E-state index contributed by atoms with van der Waals surface area (Å²) in [4.78, 5) is 54.5. The first-order valence-electron chi connectivity index (χ1n) is 12.8. The van der Waals surface area contributed by atoms with Crippen molar-refractivity contribution in [2.75, 3.05) is 17.8 Å². The molecule has 7 N–H and O–H groups in total. The van der Waals surface area contributed by atoms with Gasteiger partial charge in [0.2, 0.25) is 17.7 Å². The number of hydrogen-bond acceptors (Lipinski definition) is 7. The molecule has 0 bridgehead atoms. The third-order valence-electron chi connectivity index (χ3n) is 6.41. The Balaban J connectivity index is 1.80. The number of fused-ring (bicyclic) bond motifs is 1. The molecule has 0 aliphatic rings. The number of carbonyl (C=O) groups excluding carboxylic acids is 3. The number of nitrogens with two attached hydrogens (primary N) is 1. The SMILES string of the molecule is CSCCC(NC(=O)C(Cc1c[nH]c2ccccc12)NC(=O)C(N)CS)C(=O)NC(Cc1ccccc1)C(=O)O. The molecule has 2 aromatic carbocycles. The first-order valence-corrected chi connectivity index (χ1v) is 14.8. The Labute approximate surface area is 242 Å². The maximum absolute atomic E-state index is 13.5. The van der Waals surface area contributed by atoms with Gasteiger partial charge >= 0.3 is 5.97 Å². The van der Waals surface area contributed by atoms with Crippen molar-refractivity contribution in [3.8, 4) is 0 Å². The highest BCUT2D eigenvalue weighted by atomic mass is 32.2. The van der Waals surface area contributed by atoms with E-state index in [1.807, 2.05) is 36.6 Å². The van der Waals surface area contributed by atoms with Crippen LogP contribution in [0.1, 0.15) is 17.5 Å². The molecule has 3 rings (SSSR count). The summed E-state index contributed by atoms with van der Waals surface area (Å²) in [6.45, 7) is 0. The second kappa shape index (κ2) is 15.3. The van der Waals surface area contributed by atoms with Crippen molar-refractivity contribution < 1.29 is 24.3 Å². The molecule has 10 nitrogen and oxygen atoms in total. The number of thiol groups is 1. The Bertz CT molecular complexity index is 1300. The normalized spacial score (nSPS) is 14.1. The quantitative estimate of drug-likeness (QED) is 0.133. The van der Waals surface area contributed by atoms with Gasteiger partial charge in [0.25, 0.3) is 0 Å². The molecular formula is C28H35N5O5S2. The highest BCUT2D eigenvalue weighted by Crippen LogP contribution is 2.19. The maximum atomic E-state index is 13.5. The minimum Gasteiger partial charge on any atom is -0.480 e. The molecule has 0 fully saturated rings. The fourth-order valence-electron chi connectivity index (χ4n) is 4.19. The molecule has 1 heterocycles. The summed E-state index contributed by atoms with van der Waals surface area (Å²) in [6.07, 6.45) is 4.13. The van der Waals surface area contributed by atoms with E-state index in [4.69, 9.17) is 5.73 Å². The molecule has 4 unspecified atom stereocenters. The second-order valence-electron chi connectivity index (χ2n) is 9.35. The zero-order valence-electron chi connectivity index (χ0n) is 22.1. The van der Waals surface area contributed by atoms with Crippen molar-refractivity contribution in [1.82, 2.24) is 20.9 Å². The number of nitrogens with one attached hydrogen (secondary N) is 4. The van der Waals surface area contributed by atoms with E-state index in [-0.39, 0.29) is 25.0 Å². The molecule has 1 aromatic heterocycles.